The van der Waals surface area contributed by atoms with Crippen molar-refractivity contribution in [3.8, 4) is 0 Å². The molecule has 3 aliphatic rings. The third-order valence-electron chi connectivity index (χ3n) is 4.27. The number of amides is 1. The Morgan fingerprint density at radius 1 is 1.47 bits per heavy atom. The number of carbonyl (C=O) groups is 2. The molecule has 3 rings (SSSR count). The summed E-state index contributed by atoms with van der Waals surface area (Å²) in [4.78, 5) is 27.5. The smallest absolute Gasteiger partial charge is 0.321 e. The average molecular weight is 263 g/mol. The zero-order valence-corrected chi connectivity index (χ0v) is 10.9. The summed E-state index contributed by atoms with van der Waals surface area (Å²) in [5.74, 6) is -2.40. The molecule has 0 aromatic carbocycles. The molecule has 0 radical (unpaired) electrons. The molecule has 2 unspecified atom stereocenters. The summed E-state index contributed by atoms with van der Waals surface area (Å²) in [6.45, 7) is 1.84. The summed E-state index contributed by atoms with van der Waals surface area (Å²) in [6.07, 6.45) is 6.53. The molecule has 2 atom stereocenters. The van der Waals surface area contributed by atoms with E-state index < -0.39 is 23.5 Å². The van der Waals surface area contributed by atoms with Crippen molar-refractivity contribution in [2.75, 3.05) is 0 Å². The van der Waals surface area contributed by atoms with Crippen LogP contribution < -0.4 is 0 Å². The first kappa shape index (κ1) is 12.3. The van der Waals surface area contributed by atoms with Gasteiger partial charge in [0, 0.05) is 18.3 Å². The highest BCUT2D eigenvalue weighted by atomic mass is 16.4. The fraction of sp³-hybridized carbons (Fsp3) is 0.692. The van der Waals surface area contributed by atoms with Crippen molar-refractivity contribution in [3.63, 3.8) is 0 Å². The summed E-state index contributed by atoms with van der Waals surface area (Å²) < 4.78 is 0. The summed E-state index contributed by atoms with van der Waals surface area (Å²) in [5.41, 5.74) is 0.303. The number of aliphatic carboxylic acids is 1. The summed E-state index contributed by atoms with van der Waals surface area (Å²) in [6, 6.07) is 0. The van der Waals surface area contributed by atoms with E-state index in [-0.39, 0.29) is 0 Å². The molecule has 0 aromatic heterocycles. The van der Waals surface area contributed by atoms with Crippen LogP contribution in [0.1, 0.15) is 39.0 Å². The maximum atomic E-state index is 12.2. The number of nitrogens with zero attached hydrogens (tertiary/aromatic N) is 3. The van der Waals surface area contributed by atoms with Crippen molar-refractivity contribution in [3.05, 3.63) is 0 Å². The van der Waals surface area contributed by atoms with E-state index in [0.29, 0.717) is 12.3 Å². The van der Waals surface area contributed by atoms with Crippen LogP contribution in [0.15, 0.2) is 10.1 Å². The van der Waals surface area contributed by atoms with Crippen LogP contribution in [0.5, 0.6) is 0 Å². The van der Waals surface area contributed by atoms with Crippen LogP contribution >= 0.6 is 0 Å². The van der Waals surface area contributed by atoms with Crippen LogP contribution in [-0.2, 0) is 9.59 Å². The predicted octanol–water partition coefficient (Wildman–Crippen LogP) is 1.27. The Morgan fingerprint density at radius 3 is 2.79 bits per heavy atom. The Balaban J connectivity index is 1.89. The van der Waals surface area contributed by atoms with E-state index >= 15 is 0 Å². The molecule has 1 N–H and O–H groups in total. The number of carbonyl (C=O) groups excluding carboxylic acids is 1. The Kier molecular flexibility index (Phi) is 2.69. The molecule has 2 heterocycles. The van der Waals surface area contributed by atoms with E-state index in [9.17, 15) is 9.59 Å². The van der Waals surface area contributed by atoms with E-state index in [4.69, 9.17) is 5.11 Å². The minimum Gasteiger partial charge on any atom is -0.480 e. The quantitative estimate of drug-likeness (QED) is 0.761. The van der Waals surface area contributed by atoms with Gasteiger partial charge in [0.15, 0.2) is 11.6 Å². The van der Waals surface area contributed by atoms with Gasteiger partial charge in [0.25, 0.3) is 5.91 Å². The van der Waals surface area contributed by atoms with Crippen molar-refractivity contribution in [1.29, 1.82) is 0 Å². The van der Waals surface area contributed by atoms with E-state index in [2.05, 4.69) is 10.1 Å². The number of hydrogen-bond acceptors (Lipinski definition) is 4. The summed E-state index contributed by atoms with van der Waals surface area (Å²) >= 11 is 0. The molecule has 0 aromatic rings. The van der Waals surface area contributed by atoms with Crippen molar-refractivity contribution in [2.24, 2.45) is 21.9 Å². The molecule has 6 nitrogen and oxygen atoms in total. The maximum Gasteiger partial charge on any atom is 0.321 e. The van der Waals surface area contributed by atoms with Crippen LogP contribution in [0, 0.1) is 11.8 Å². The third-order valence-corrected chi connectivity index (χ3v) is 4.27. The minimum atomic E-state index is -1.19. The van der Waals surface area contributed by atoms with Crippen LogP contribution in [0.3, 0.4) is 0 Å². The van der Waals surface area contributed by atoms with Gasteiger partial charge in [0.05, 0.1) is 0 Å². The molecule has 1 fully saturated rings. The van der Waals surface area contributed by atoms with E-state index in [0.717, 1.165) is 18.6 Å². The van der Waals surface area contributed by atoms with Gasteiger partial charge in [-0.2, -0.15) is 5.10 Å². The fourth-order valence-electron chi connectivity index (χ4n) is 3.16. The highest BCUT2D eigenvalue weighted by molar-refractivity contribution is 6.12. The second-order valence-electron chi connectivity index (χ2n) is 5.71. The number of rotatable bonds is 2. The van der Waals surface area contributed by atoms with Crippen LogP contribution in [-0.4, -0.2) is 39.6 Å². The minimum absolute atomic E-state index is 0.439. The number of carboxylic acid groups (broad SMARTS) is 1. The first-order chi connectivity index (χ1) is 9.01. The van der Waals surface area contributed by atoms with E-state index in [1.54, 1.807) is 0 Å². The Bertz CT molecular complexity index is 493. The lowest BCUT2D eigenvalue weighted by molar-refractivity contribution is -0.150. The zero-order chi connectivity index (χ0) is 13.6. The molecule has 0 saturated heterocycles. The van der Waals surface area contributed by atoms with E-state index in [1.807, 2.05) is 6.92 Å². The molecular weight excluding hydrogens is 246 g/mol. The van der Waals surface area contributed by atoms with Crippen molar-refractivity contribution < 1.29 is 14.7 Å². The molecule has 6 heteroatoms. The Labute approximate surface area is 111 Å². The lowest BCUT2D eigenvalue weighted by atomic mass is 9.93. The van der Waals surface area contributed by atoms with Gasteiger partial charge in [-0.25, -0.2) is 5.01 Å². The molecule has 1 saturated carbocycles. The number of hydrogen-bond donors (Lipinski definition) is 1. The second-order valence-corrected chi connectivity index (χ2v) is 5.71. The number of carboxylic acids is 1. The lowest BCUT2D eigenvalue weighted by Gasteiger charge is -2.33. The first-order valence-electron chi connectivity index (χ1n) is 6.71. The van der Waals surface area contributed by atoms with Gasteiger partial charge < -0.3 is 5.11 Å². The molecule has 0 bridgehead atoms. The van der Waals surface area contributed by atoms with Gasteiger partial charge >= 0.3 is 5.97 Å². The maximum absolute atomic E-state index is 12.2. The molecule has 2 aliphatic heterocycles. The predicted molar refractivity (Wildman–Crippen MR) is 68.9 cm³/mol. The van der Waals surface area contributed by atoms with Gasteiger partial charge in [-0.15, -0.1) is 0 Å². The first-order valence-corrected chi connectivity index (χ1v) is 6.71. The largest absolute Gasteiger partial charge is 0.480 e. The molecule has 1 aliphatic carbocycles. The molecular formula is C13H17N3O3. The molecule has 102 valence electrons. The second kappa shape index (κ2) is 4.15. The normalized spacial score (nSPS) is 34.6. The average Bonchev–Trinajstić information content (AvgIpc) is 2.95. The van der Waals surface area contributed by atoms with Gasteiger partial charge in [0.2, 0.25) is 0 Å². The molecule has 1 amide bonds. The topological polar surface area (TPSA) is 82.3 Å². The highest BCUT2D eigenvalue weighted by Gasteiger charge is 2.49. The zero-order valence-electron chi connectivity index (χ0n) is 10.9. The monoisotopic (exact) mass is 263 g/mol. The van der Waals surface area contributed by atoms with Crippen LogP contribution in [0.4, 0.5) is 0 Å². The van der Waals surface area contributed by atoms with Crippen molar-refractivity contribution in [2.45, 2.75) is 44.7 Å². The van der Waals surface area contributed by atoms with Crippen LogP contribution in [0.2, 0.25) is 0 Å². The van der Waals surface area contributed by atoms with Crippen molar-refractivity contribution >= 4 is 23.8 Å². The van der Waals surface area contributed by atoms with Gasteiger partial charge in [0.1, 0.15) is 0 Å². The number of fused-ring (bicyclic) bond motifs is 1. The van der Waals surface area contributed by atoms with Gasteiger partial charge in [-0.05, 0) is 25.7 Å². The lowest BCUT2D eigenvalue weighted by Crippen LogP contribution is -2.50. The number of hydrazone groups is 1. The van der Waals surface area contributed by atoms with Crippen LogP contribution in [0.25, 0.3) is 0 Å². The highest BCUT2D eigenvalue weighted by Crippen LogP contribution is 2.38. The Hall–Kier alpha value is -1.72. The molecule has 19 heavy (non-hydrogen) atoms. The fourth-order valence-corrected chi connectivity index (χ4v) is 3.16. The third kappa shape index (κ3) is 1.86. The van der Waals surface area contributed by atoms with Gasteiger partial charge in [-0.3, -0.25) is 14.6 Å². The summed E-state index contributed by atoms with van der Waals surface area (Å²) in [7, 11) is 0. The standard InChI is InChI=1S/C13H17N3O3/c1-13-6-10(8-4-2-3-5-8)15-16(13)11(17)9(7-14-13)12(18)19/h7-9H,2-6H2,1H3,(H,18,19). The summed E-state index contributed by atoms with van der Waals surface area (Å²) in [5, 5.41) is 14.7. The van der Waals surface area contributed by atoms with Crippen molar-refractivity contribution in [1.82, 2.24) is 5.01 Å². The van der Waals surface area contributed by atoms with Gasteiger partial charge in [-0.1, -0.05) is 12.8 Å². The molecule has 0 spiro atoms. The SMILES string of the molecule is CC12CC(C3CCCC3)=NN1C(=O)C(C(=O)O)C=N2. The number of aliphatic imine (C=N–C) groups is 1. The van der Waals surface area contributed by atoms with E-state index in [1.165, 1.54) is 24.1 Å². The Morgan fingerprint density at radius 2 is 2.16 bits per heavy atom.